The number of halogens is 4. The number of nitrogens with one attached hydrogen (secondary N) is 2. The Morgan fingerprint density at radius 2 is 1.74 bits per heavy atom. The van der Waals surface area contributed by atoms with Gasteiger partial charge in [0.1, 0.15) is 11.9 Å². The van der Waals surface area contributed by atoms with E-state index in [4.69, 9.17) is 16.3 Å². The predicted octanol–water partition coefficient (Wildman–Crippen LogP) is 5.47. The average Bonchev–Trinajstić information content (AvgIpc) is 3.04. The van der Waals surface area contributed by atoms with Crippen LogP contribution in [-0.2, 0) is 27.4 Å². The van der Waals surface area contributed by atoms with Crippen LogP contribution in [0.3, 0.4) is 0 Å². The highest BCUT2D eigenvalue weighted by molar-refractivity contribution is 7.92. The summed E-state index contributed by atoms with van der Waals surface area (Å²) in [7, 11) is -2.49. The monoisotopic (exact) mass is 682 g/mol. The zero-order chi connectivity index (χ0) is 33.8. The lowest BCUT2D eigenvalue weighted by molar-refractivity contribution is -0.137. The normalized spacial score (nSPS) is 17.9. The van der Waals surface area contributed by atoms with Crippen LogP contribution >= 0.6 is 11.6 Å². The number of aliphatic hydroxyl groups is 1. The summed E-state index contributed by atoms with van der Waals surface area (Å²) < 4.78 is 73.6. The highest BCUT2D eigenvalue weighted by Crippen LogP contribution is 2.31. The Kier molecular flexibility index (Phi) is 10.7. The van der Waals surface area contributed by atoms with Gasteiger partial charge in [-0.25, -0.2) is 13.2 Å². The van der Waals surface area contributed by atoms with Crippen LogP contribution in [0.1, 0.15) is 25.0 Å². The molecule has 1 aliphatic heterocycles. The van der Waals surface area contributed by atoms with Gasteiger partial charge < -0.3 is 25.0 Å². The summed E-state index contributed by atoms with van der Waals surface area (Å²) in [5, 5.41) is 12.8. The number of anilines is 2. The van der Waals surface area contributed by atoms with Crippen molar-refractivity contribution >= 4 is 44.9 Å². The molecule has 0 radical (unpaired) electrons. The van der Waals surface area contributed by atoms with Gasteiger partial charge in [0.15, 0.2) is 0 Å². The molecule has 0 spiro atoms. The van der Waals surface area contributed by atoms with Crippen molar-refractivity contribution in [3.05, 3.63) is 82.9 Å². The molecule has 3 amide bonds. The fourth-order valence-electron chi connectivity index (χ4n) is 4.85. The van der Waals surface area contributed by atoms with E-state index in [2.05, 4.69) is 10.0 Å². The minimum Gasteiger partial charge on any atom is -0.488 e. The van der Waals surface area contributed by atoms with Crippen molar-refractivity contribution in [2.45, 2.75) is 43.5 Å². The number of urea groups is 1. The summed E-state index contributed by atoms with van der Waals surface area (Å²) >= 11 is 5.89. The Morgan fingerprint density at radius 1 is 1.11 bits per heavy atom. The molecule has 3 N–H and O–H groups in total. The molecule has 3 aromatic carbocycles. The first-order valence-electron chi connectivity index (χ1n) is 14.2. The van der Waals surface area contributed by atoms with Crippen LogP contribution < -0.4 is 14.8 Å². The molecule has 46 heavy (non-hydrogen) atoms. The molecule has 1 aliphatic rings. The van der Waals surface area contributed by atoms with Crippen molar-refractivity contribution < 1.29 is 41.0 Å². The van der Waals surface area contributed by atoms with E-state index < -0.39 is 39.9 Å². The van der Waals surface area contributed by atoms with E-state index in [1.165, 1.54) is 59.3 Å². The summed E-state index contributed by atoms with van der Waals surface area (Å²) in [6.45, 7) is 3.43. The third kappa shape index (κ3) is 8.62. The van der Waals surface area contributed by atoms with Gasteiger partial charge in [-0.1, -0.05) is 18.5 Å². The van der Waals surface area contributed by atoms with Crippen molar-refractivity contribution in [2.75, 3.05) is 36.8 Å². The predicted molar refractivity (Wildman–Crippen MR) is 167 cm³/mol. The van der Waals surface area contributed by atoms with Crippen molar-refractivity contribution in [1.82, 2.24) is 9.80 Å². The molecule has 0 fully saturated rings. The molecule has 0 aliphatic carbocycles. The lowest BCUT2D eigenvalue weighted by Gasteiger charge is -2.34. The molecule has 0 bridgehead atoms. The van der Waals surface area contributed by atoms with Gasteiger partial charge in [-0.3, -0.25) is 9.52 Å². The number of hydrogen-bond donors (Lipinski definition) is 3. The topological polar surface area (TPSA) is 128 Å². The van der Waals surface area contributed by atoms with Crippen molar-refractivity contribution in [1.29, 1.82) is 0 Å². The molecule has 1 heterocycles. The Hall–Kier alpha value is -4.01. The van der Waals surface area contributed by atoms with Gasteiger partial charge >= 0.3 is 12.2 Å². The lowest BCUT2D eigenvalue weighted by atomic mass is 10.0. The number of sulfonamides is 1. The number of hydrogen-bond acceptors (Lipinski definition) is 6. The number of likely N-dealkylation sites (N-methyl/N-ethyl adjacent to an activating group) is 1. The Bertz CT molecular complexity index is 1660. The zero-order valence-electron chi connectivity index (χ0n) is 25.2. The SMILES string of the molecule is C[C@H]1CN([C@@H](C)CO)C(=O)Cc2cc(NS(=O)(=O)c3ccc(Cl)cc3)ccc2O[C@H]1CN(C)C(=O)Nc1ccc(C(F)(F)F)cc1. The number of rotatable bonds is 8. The number of fused-ring (bicyclic) bond motifs is 1. The van der Waals surface area contributed by atoms with Gasteiger partial charge in [-0.2, -0.15) is 13.2 Å². The molecule has 0 aromatic heterocycles. The molecule has 0 saturated heterocycles. The average molecular weight is 683 g/mol. The Labute approximate surface area is 270 Å². The number of carbonyl (C=O) groups is 2. The first kappa shape index (κ1) is 34.9. The lowest BCUT2D eigenvalue weighted by Crippen LogP contribution is -2.48. The van der Waals surface area contributed by atoms with Crippen LogP contribution in [0.2, 0.25) is 5.02 Å². The van der Waals surface area contributed by atoms with Gasteiger partial charge in [-0.05, 0) is 73.7 Å². The maximum Gasteiger partial charge on any atom is 0.416 e. The molecule has 3 atom stereocenters. The van der Waals surface area contributed by atoms with Gasteiger partial charge in [0.05, 0.1) is 36.1 Å². The highest BCUT2D eigenvalue weighted by Gasteiger charge is 2.33. The summed E-state index contributed by atoms with van der Waals surface area (Å²) in [6.07, 6.45) is -5.34. The smallest absolute Gasteiger partial charge is 0.416 e. The first-order chi connectivity index (χ1) is 21.6. The van der Waals surface area contributed by atoms with Gasteiger partial charge in [0.2, 0.25) is 5.91 Å². The molecule has 0 unspecified atom stereocenters. The summed E-state index contributed by atoms with van der Waals surface area (Å²) in [4.78, 5) is 29.3. The molecule has 3 aromatic rings. The first-order valence-corrected chi connectivity index (χ1v) is 16.1. The molecule has 4 rings (SSSR count). The van der Waals surface area contributed by atoms with Crippen molar-refractivity contribution in [3.63, 3.8) is 0 Å². The second-order valence-electron chi connectivity index (χ2n) is 11.2. The molecule has 10 nitrogen and oxygen atoms in total. The fraction of sp³-hybridized carbons (Fsp3) is 0.355. The van der Waals surface area contributed by atoms with E-state index in [1.807, 2.05) is 6.92 Å². The largest absolute Gasteiger partial charge is 0.488 e. The van der Waals surface area contributed by atoms with Crippen LogP contribution in [0.4, 0.5) is 29.3 Å². The third-order valence-corrected chi connectivity index (χ3v) is 9.21. The van der Waals surface area contributed by atoms with Gasteiger partial charge in [0.25, 0.3) is 10.0 Å². The second kappa shape index (κ2) is 14.2. The standard InChI is InChI=1S/C31H34ClF3N4O6S/c1-19-16-39(20(2)18-40)29(41)15-21-14-25(37-46(43,44)26-11-6-23(32)7-12-26)10-13-27(21)45-28(19)17-38(3)30(42)36-24-8-4-22(5-9-24)31(33,34)35/h4-14,19-20,28,37,40H,15-18H2,1-3H3,(H,36,42)/t19-,20-,28-/m0/s1. The summed E-state index contributed by atoms with van der Waals surface area (Å²) in [5.41, 5.74) is -0.112. The van der Waals surface area contributed by atoms with E-state index in [-0.39, 0.29) is 54.2 Å². The number of aliphatic hydroxyl groups excluding tert-OH is 1. The Balaban J connectivity index is 1.58. The minimum atomic E-state index is -4.51. The number of amides is 3. The van der Waals surface area contributed by atoms with Gasteiger partial charge in [-0.15, -0.1) is 0 Å². The van der Waals surface area contributed by atoms with E-state index in [0.29, 0.717) is 16.3 Å². The fourth-order valence-corrected chi connectivity index (χ4v) is 6.03. The van der Waals surface area contributed by atoms with Gasteiger partial charge in [0, 0.05) is 41.5 Å². The molecule has 0 saturated carbocycles. The van der Waals surface area contributed by atoms with Crippen LogP contribution in [0, 0.1) is 5.92 Å². The van der Waals surface area contributed by atoms with E-state index in [1.54, 1.807) is 6.92 Å². The molecule has 15 heteroatoms. The number of ether oxygens (including phenoxy) is 1. The third-order valence-electron chi connectivity index (χ3n) is 7.56. The quantitative estimate of drug-likeness (QED) is 0.289. The number of benzene rings is 3. The number of nitrogens with zero attached hydrogens (tertiary/aromatic N) is 2. The minimum absolute atomic E-state index is 0.0118. The van der Waals surface area contributed by atoms with Crippen LogP contribution in [0.25, 0.3) is 0 Å². The number of carbonyl (C=O) groups excluding carboxylic acids is 2. The molecular formula is C31H34ClF3N4O6S. The maximum atomic E-state index is 13.5. The van der Waals surface area contributed by atoms with E-state index in [0.717, 1.165) is 24.3 Å². The Morgan fingerprint density at radius 3 is 2.35 bits per heavy atom. The zero-order valence-corrected chi connectivity index (χ0v) is 26.8. The summed E-state index contributed by atoms with van der Waals surface area (Å²) in [6, 6.07) is 13.1. The summed E-state index contributed by atoms with van der Waals surface area (Å²) in [5.74, 6) is -0.368. The van der Waals surface area contributed by atoms with Crippen LogP contribution in [0.15, 0.2) is 71.6 Å². The van der Waals surface area contributed by atoms with E-state index in [9.17, 15) is 36.3 Å². The van der Waals surface area contributed by atoms with Crippen LogP contribution in [-0.4, -0.2) is 74.2 Å². The molecular weight excluding hydrogens is 649 g/mol. The van der Waals surface area contributed by atoms with Crippen molar-refractivity contribution in [3.8, 4) is 5.75 Å². The maximum absolute atomic E-state index is 13.5. The van der Waals surface area contributed by atoms with Crippen LogP contribution in [0.5, 0.6) is 5.75 Å². The van der Waals surface area contributed by atoms with E-state index >= 15 is 0 Å². The molecule has 248 valence electrons. The number of alkyl halides is 3. The van der Waals surface area contributed by atoms with Crippen molar-refractivity contribution in [2.24, 2.45) is 5.92 Å². The second-order valence-corrected chi connectivity index (χ2v) is 13.3. The highest BCUT2D eigenvalue weighted by atomic mass is 35.5.